The Kier molecular flexibility index (Phi) is 3.36. The van der Waals surface area contributed by atoms with Gasteiger partial charge in [-0.05, 0) is 44.0 Å². The van der Waals surface area contributed by atoms with Crippen LogP contribution in [0.1, 0.15) is 16.7 Å². The zero-order valence-electron chi connectivity index (χ0n) is 11.8. The Bertz CT molecular complexity index is 722. The fourth-order valence-corrected chi connectivity index (χ4v) is 3.37. The second-order valence-corrected chi connectivity index (χ2v) is 5.88. The van der Waals surface area contributed by atoms with E-state index in [0.29, 0.717) is 0 Å². The van der Waals surface area contributed by atoms with E-state index in [2.05, 4.69) is 43.3 Å². The number of hydrogen-bond donors (Lipinski definition) is 0. The number of benzene rings is 1. The summed E-state index contributed by atoms with van der Waals surface area (Å²) in [7, 11) is 0. The Balaban J connectivity index is 2.07. The molecular weight excluding hydrogens is 264 g/mol. The van der Waals surface area contributed by atoms with Crippen molar-refractivity contribution in [3.8, 4) is 22.0 Å². The first-order chi connectivity index (χ1) is 9.65. The van der Waals surface area contributed by atoms with Crippen molar-refractivity contribution in [1.29, 1.82) is 0 Å². The van der Waals surface area contributed by atoms with E-state index >= 15 is 0 Å². The summed E-state index contributed by atoms with van der Waals surface area (Å²) >= 11 is 1.65. The van der Waals surface area contributed by atoms with Gasteiger partial charge in [-0.25, -0.2) is 4.98 Å². The molecule has 2 aromatic heterocycles. The van der Waals surface area contributed by atoms with Crippen LogP contribution in [0.25, 0.3) is 22.0 Å². The van der Waals surface area contributed by atoms with Crippen molar-refractivity contribution in [2.45, 2.75) is 20.8 Å². The minimum atomic E-state index is 0.936. The molecule has 0 aliphatic heterocycles. The molecule has 3 aromatic rings. The molecule has 3 rings (SSSR count). The van der Waals surface area contributed by atoms with Gasteiger partial charge in [0.15, 0.2) is 0 Å². The van der Waals surface area contributed by atoms with Gasteiger partial charge >= 0.3 is 0 Å². The number of pyridine rings is 1. The lowest BCUT2D eigenvalue weighted by Gasteiger charge is -2.08. The highest BCUT2D eigenvalue weighted by molar-refractivity contribution is 7.13. The van der Waals surface area contributed by atoms with Crippen molar-refractivity contribution in [3.05, 3.63) is 58.6 Å². The van der Waals surface area contributed by atoms with Gasteiger partial charge in [0.1, 0.15) is 5.01 Å². The van der Waals surface area contributed by atoms with Crippen LogP contribution in [0.3, 0.4) is 0 Å². The molecule has 0 amide bonds. The Labute approximate surface area is 123 Å². The van der Waals surface area contributed by atoms with E-state index in [1.165, 1.54) is 22.3 Å². The zero-order valence-corrected chi connectivity index (χ0v) is 12.7. The molecule has 1 aromatic carbocycles. The van der Waals surface area contributed by atoms with Crippen LogP contribution in [0.5, 0.6) is 0 Å². The largest absolute Gasteiger partial charge is 0.254 e. The lowest BCUT2D eigenvalue weighted by molar-refractivity contribution is 1.27. The van der Waals surface area contributed by atoms with E-state index in [9.17, 15) is 0 Å². The zero-order chi connectivity index (χ0) is 14.1. The Morgan fingerprint density at radius 3 is 2.35 bits per heavy atom. The summed E-state index contributed by atoms with van der Waals surface area (Å²) in [6, 6.07) is 10.3. The first-order valence-corrected chi connectivity index (χ1v) is 7.48. The number of aromatic nitrogens is 2. The van der Waals surface area contributed by atoms with Gasteiger partial charge < -0.3 is 0 Å². The molecule has 0 bridgehead atoms. The summed E-state index contributed by atoms with van der Waals surface area (Å²) < 4.78 is 0. The van der Waals surface area contributed by atoms with Gasteiger partial charge in [-0.1, -0.05) is 23.8 Å². The van der Waals surface area contributed by atoms with E-state index in [0.717, 1.165) is 16.4 Å². The summed E-state index contributed by atoms with van der Waals surface area (Å²) in [4.78, 5) is 9.12. The van der Waals surface area contributed by atoms with Gasteiger partial charge in [0.05, 0.1) is 11.4 Å². The van der Waals surface area contributed by atoms with Crippen LogP contribution in [0.2, 0.25) is 0 Å². The van der Waals surface area contributed by atoms with Crippen LogP contribution >= 0.6 is 11.3 Å². The van der Waals surface area contributed by atoms with Gasteiger partial charge in [0, 0.05) is 17.1 Å². The first kappa shape index (κ1) is 13.0. The summed E-state index contributed by atoms with van der Waals surface area (Å²) in [5.41, 5.74) is 7.08. The fourth-order valence-electron chi connectivity index (χ4n) is 2.58. The average Bonchev–Trinajstić information content (AvgIpc) is 2.88. The molecule has 3 heteroatoms. The molecule has 0 saturated heterocycles. The van der Waals surface area contributed by atoms with E-state index in [4.69, 9.17) is 4.98 Å². The van der Waals surface area contributed by atoms with Gasteiger partial charge in [-0.3, -0.25) is 4.98 Å². The average molecular weight is 280 g/mol. The maximum Gasteiger partial charge on any atom is 0.142 e. The molecular formula is C17H16N2S. The molecule has 0 N–H and O–H groups in total. The smallest absolute Gasteiger partial charge is 0.142 e. The van der Waals surface area contributed by atoms with E-state index in [-0.39, 0.29) is 0 Å². The molecule has 0 aliphatic rings. The van der Waals surface area contributed by atoms with Crippen molar-refractivity contribution in [2.75, 3.05) is 0 Å². The van der Waals surface area contributed by atoms with Crippen LogP contribution in [-0.2, 0) is 0 Å². The minimum absolute atomic E-state index is 0.936. The van der Waals surface area contributed by atoms with Crippen molar-refractivity contribution in [1.82, 2.24) is 9.97 Å². The molecule has 0 fully saturated rings. The number of thiazole rings is 1. The van der Waals surface area contributed by atoms with Gasteiger partial charge in [-0.2, -0.15) is 0 Å². The van der Waals surface area contributed by atoms with E-state index < -0.39 is 0 Å². The summed E-state index contributed by atoms with van der Waals surface area (Å²) in [6.07, 6.45) is 1.80. The van der Waals surface area contributed by atoms with E-state index in [1.54, 1.807) is 17.5 Å². The maximum absolute atomic E-state index is 4.76. The monoisotopic (exact) mass is 280 g/mol. The summed E-state index contributed by atoms with van der Waals surface area (Å²) in [6.45, 7) is 6.42. The number of rotatable bonds is 2. The highest BCUT2D eigenvalue weighted by Crippen LogP contribution is 2.32. The lowest BCUT2D eigenvalue weighted by atomic mass is 9.98. The highest BCUT2D eigenvalue weighted by atomic mass is 32.1. The van der Waals surface area contributed by atoms with Crippen molar-refractivity contribution in [2.24, 2.45) is 0 Å². The van der Waals surface area contributed by atoms with Gasteiger partial charge in [-0.15, -0.1) is 11.3 Å². The topological polar surface area (TPSA) is 25.8 Å². The molecule has 20 heavy (non-hydrogen) atoms. The second-order valence-electron chi connectivity index (χ2n) is 5.03. The van der Waals surface area contributed by atoms with Crippen molar-refractivity contribution in [3.63, 3.8) is 0 Å². The second kappa shape index (κ2) is 5.17. The molecule has 0 radical (unpaired) electrons. The van der Waals surface area contributed by atoms with Crippen LogP contribution in [0.15, 0.2) is 41.9 Å². The fraction of sp³-hybridized carbons (Fsp3) is 0.176. The maximum atomic E-state index is 4.76. The molecule has 2 nitrogen and oxygen atoms in total. The molecule has 0 spiro atoms. The third kappa shape index (κ3) is 2.37. The molecule has 0 saturated carbocycles. The normalized spacial score (nSPS) is 10.8. The third-order valence-electron chi connectivity index (χ3n) is 3.32. The van der Waals surface area contributed by atoms with Crippen molar-refractivity contribution < 1.29 is 0 Å². The Hall–Kier alpha value is -2.00. The SMILES string of the molecule is Cc1cc(C)c(-c2csc(-c3ccccn3)n2)c(C)c1. The van der Waals surface area contributed by atoms with E-state index in [1.807, 2.05) is 18.2 Å². The highest BCUT2D eigenvalue weighted by Gasteiger charge is 2.11. The van der Waals surface area contributed by atoms with Crippen LogP contribution < -0.4 is 0 Å². The van der Waals surface area contributed by atoms with Crippen LogP contribution in [0.4, 0.5) is 0 Å². The molecule has 2 heterocycles. The predicted molar refractivity (Wildman–Crippen MR) is 85.0 cm³/mol. The predicted octanol–water partition coefficient (Wildman–Crippen LogP) is 4.80. The van der Waals surface area contributed by atoms with Gasteiger partial charge in [0.25, 0.3) is 0 Å². The molecule has 0 atom stereocenters. The summed E-state index contributed by atoms with van der Waals surface area (Å²) in [5.74, 6) is 0. The van der Waals surface area contributed by atoms with Crippen LogP contribution in [-0.4, -0.2) is 9.97 Å². The van der Waals surface area contributed by atoms with Crippen molar-refractivity contribution >= 4 is 11.3 Å². The quantitative estimate of drug-likeness (QED) is 0.674. The standard InChI is InChI=1S/C17H16N2S/c1-11-8-12(2)16(13(3)9-11)15-10-20-17(19-15)14-6-4-5-7-18-14/h4-10H,1-3H3. The number of hydrogen-bond acceptors (Lipinski definition) is 3. The van der Waals surface area contributed by atoms with Gasteiger partial charge in [0.2, 0.25) is 0 Å². The van der Waals surface area contributed by atoms with Crippen LogP contribution in [0, 0.1) is 20.8 Å². The minimum Gasteiger partial charge on any atom is -0.254 e. The Morgan fingerprint density at radius 1 is 0.950 bits per heavy atom. The Morgan fingerprint density at radius 2 is 1.70 bits per heavy atom. The third-order valence-corrected chi connectivity index (χ3v) is 4.19. The molecule has 0 aliphatic carbocycles. The first-order valence-electron chi connectivity index (χ1n) is 6.60. The number of nitrogens with zero attached hydrogens (tertiary/aromatic N) is 2. The lowest BCUT2D eigenvalue weighted by Crippen LogP contribution is -1.90. The number of aryl methyl sites for hydroxylation is 3. The molecule has 100 valence electrons. The molecule has 0 unspecified atom stereocenters. The summed E-state index contributed by atoms with van der Waals surface area (Å²) in [5, 5.41) is 3.09.